The van der Waals surface area contributed by atoms with Crippen molar-refractivity contribution in [3.63, 3.8) is 0 Å². The zero-order valence-corrected chi connectivity index (χ0v) is 16.4. The van der Waals surface area contributed by atoms with Gasteiger partial charge in [0.05, 0.1) is 6.61 Å². The second-order valence-electron chi connectivity index (χ2n) is 7.08. The fourth-order valence-corrected chi connectivity index (χ4v) is 3.74. The number of hydrogen-bond donors (Lipinski definition) is 3. The summed E-state index contributed by atoms with van der Waals surface area (Å²) in [6.07, 6.45) is 4.73. The van der Waals surface area contributed by atoms with Crippen molar-refractivity contribution in [1.82, 2.24) is 10.3 Å². The number of nitrogen functional groups attached to an aromatic ring is 1. The minimum absolute atomic E-state index is 0.0384. The van der Waals surface area contributed by atoms with Gasteiger partial charge in [0.1, 0.15) is 12.4 Å². The summed E-state index contributed by atoms with van der Waals surface area (Å²) in [6.45, 7) is 0.430. The van der Waals surface area contributed by atoms with Crippen LogP contribution in [0.3, 0.4) is 0 Å². The van der Waals surface area contributed by atoms with Crippen LogP contribution in [-0.2, 0) is 11.3 Å². The second-order valence-corrected chi connectivity index (χ2v) is 7.08. The maximum absolute atomic E-state index is 12.2. The molecule has 1 aromatic heterocycles. The van der Waals surface area contributed by atoms with Crippen molar-refractivity contribution in [2.75, 3.05) is 18.9 Å². The Morgan fingerprint density at radius 2 is 1.80 bits per heavy atom. The molecule has 1 amide bonds. The smallest absolute Gasteiger partial charge is 0.407 e. The Morgan fingerprint density at radius 3 is 2.47 bits per heavy atom. The van der Waals surface area contributed by atoms with Crippen LogP contribution in [0.5, 0.6) is 0 Å². The largest absolute Gasteiger partial charge is 0.449 e. The predicted molar refractivity (Wildman–Crippen MR) is 117 cm³/mol. The Morgan fingerprint density at radius 1 is 1.13 bits per heavy atom. The van der Waals surface area contributed by atoms with Gasteiger partial charge >= 0.3 is 6.09 Å². The van der Waals surface area contributed by atoms with E-state index in [9.17, 15) is 9.90 Å². The van der Waals surface area contributed by atoms with Gasteiger partial charge in [-0.05, 0) is 33.9 Å². The number of amides is 1. The Hall–Kier alpha value is -3.64. The molecule has 1 heterocycles. The van der Waals surface area contributed by atoms with E-state index in [4.69, 9.17) is 10.5 Å². The molecule has 4 N–H and O–H groups in total. The summed E-state index contributed by atoms with van der Waals surface area (Å²) in [5.41, 5.74) is 11.8. The molecule has 0 unspecified atom stereocenters. The number of rotatable bonds is 6. The van der Waals surface area contributed by atoms with Crippen LogP contribution in [0.25, 0.3) is 17.2 Å². The molecule has 0 aliphatic heterocycles. The zero-order chi connectivity index (χ0) is 20.9. The first-order chi connectivity index (χ1) is 14.7. The molecule has 3 aromatic rings. The first kappa shape index (κ1) is 19.7. The summed E-state index contributed by atoms with van der Waals surface area (Å²) in [7, 11) is 0. The maximum atomic E-state index is 12.2. The second kappa shape index (κ2) is 8.80. The lowest BCUT2D eigenvalue weighted by Gasteiger charge is -2.14. The minimum atomic E-state index is -0.465. The molecule has 0 saturated carbocycles. The topological polar surface area (TPSA) is 97.5 Å². The lowest BCUT2D eigenvalue weighted by molar-refractivity contribution is 0.144. The summed E-state index contributed by atoms with van der Waals surface area (Å²) in [4.78, 5) is 16.2. The SMILES string of the molecule is Nc1ncc(C=CCNC(=O)OCC2c3ccccc3-c3ccccc32)cc1CO. The lowest BCUT2D eigenvalue weighted by atomic mass is 9.98. The molecule has 0 bridgehead atoms. The van der Waals surface area contributed by atoms with Crippen LogP contribution in [0.2, 0.25) is 0 Å². The maximum Gasteiger partial charge on any atom is 0.407 e. The highest BCUT2D eigenvalue weighted by Crippen LogP contribution is 2.44. The molecule has 0 radical (unpaired) electrons. The number of nitrogens with two attached hydrogens (primary N) is 1. The van der Waals surface area contributed by atoms with Crippen LogP contribution in [-0.4, -0.2) is 29.3 Å². The van der Waals surface area contributed by atoms with Gasteiger partial charge in [-0.15, -0.1) is 0 Å². The third kappa shape index (κ3) is 4.04. The molecule has 6 heteroatoms. The number of carbonyl (C=O) groups is 1. The molecular weight excluding hydrogens is 378 g/mol. The molecule has 152 valence electrons. The Labute approximate surface area is 175 Å². The number of fused-ring (bicyclic) bond motifs is 3. The quantitative estimate of drug-likeness (QED) is 0.585. The van der Waals surface area contributed by atoms with E-state index in [1.54, 1.807) is 24.4 Å². The number of alkyl carbamates (subject to hydrolysis) is 1. The summed E-state index contributed by atoms with van der Waals surface area (Å²) in [6, 6.07) is 18.2. The Kier molecular flexibility index (Phi) is 5.77. The first-order valence-electron chi connectivity index (χ1n) is 9.78. The van der Waals surface area contributed by atoms with E-state index in [1.807, 2.05) is 24.3 Å². The summed E-state index contributed by atoms with van der Waals surface area (Å²) in [5.74, 6) is 0.350. The highest BCUT2D eigenvalue weighted by molar-refractivity contribution is 5.79. The van der Waals surface area contributed by atoms with Crippen molar-refractivity contribution < 1.29 is 14.6 Å². The highest BCUT2D eigenvalue weighted by atomic mass is 16.5. The molecule has 0 fully saturated rings. The van der Waals surface area contributed by atoms with E-state index in [0.29, 0.717) is 17.9 Å². The number of hydrogen-bond acceptors (Lipinski definition) is 5. The zero-order valence-electron chi connectivity index (χ0n) is 16.4. The normalized spacial score (nSPS) is 12.6. The molecule has 30 heavy (non-hydrogen) atoms. The molecule has 0 atom stereocenters. The monoisotopic (exact) mass is 401 g/mol. The number of anilines is 1. The van der Waals surface area contributed by atoms with Gasteiger partial charge in [-0.1, -0.05) is 60.7 Å². The Bertz CT molecular complexity index is 1050. The minimum Gasteiger partial charge on any atom is -0.449 e. The number of benzene rings is 2. The van der Waals surface area contributed by atoms with E-state index < -0.39 is 6.09 Å². The van der Waals surface area contributed by atoms with Gasteiger partial charge in [0.2, 0.25) is 0 Å². The van der Waals surface area contributed by atoms with Gasteiger partial charge in [-0.25, -0.2) is 9.78 Å². The summed E-state index contributed by atoms with van der Waals surface area (Å²) >= 11 is 0. The van der Waals surface area contributed by atoms with Gasteiger partial charge in [0.15, 0.2) is 0 Å². The Balaban J connectivity index is 1.32. The third-order valence-electron chi connectivity index (χ3n) is 5.21. The van der Waals surface area contributed by atoms with Crippen molar-refractivity contribution in [3.8, 4) is 11.1 Å². The molecule has 2 aromatic carbocycles. The van der Waals surface area contributed by atoms with Gasteiger partial charge < -0.3 is 20.9 Å². The highest BCUT2D eigenvalue weighted by Gasteiger charge is 2.28. The fraction of sp³-hybridized carbons (Fsp3) is 0.167. The number of ether oxygens (including phenoxy) is 1. The fourth-order valence-electron chi connectivity index (χ4n) is 3.74. The van der Waals surface area contributed by atoms with E-state index in [2.05, 4.69) is 34.6 Å². The number of carbonyl (C=O) groups excluding carboxylic acids is 1. The molecule has 0 spiro atoms. The van der Waals surface area contributed by atoms with E-state index in [0.717, 1.165) is 5.56 Å². The average Bonchev–Trinajstić information content (AvgIpc) is 3.10. The van der Waals surface area contributed by atoms with Crippen LogP contribution >= 0.6 is 0 Å². The standard InChI is InChI=1S/C24H23N3O3/c25-23-17(14-28)12-16(13-27-23)6-5-11-26-24(29)30-15-22-20-9-3-1-7-18(20)19-8-2-4-10-21(19)22/h1-10,12-13,22,28H,11,14-15H2,(H2,25,27)(H,26,29). The molecule has 0 saturated heterocycles. The van der Waals surface area contributed by atoms with E-state index in [1.165, 1.54) is 22.3 Å². The number of nitrogens with zero attached hydrogens (tertiary/aromatic N) is 1. The number of aliphatic hydroxyl groups excluding tert-OH is 1. The lowest BCUT2D eigenvalue weighted by Crippen LogP contribution is -2.26. The first-order valence-corrected chi connectivity index (χ1v) is 9.78. The number of aromatic nitrogens is 1. The predicted octanol–water partition coefficient (Wildman–Crippen LogP) is 3.71. The molecule has 1 aliphatic carbocycles. The molecule has 1 aliphatic rings. The number of aliphatic hydroxyl groups is 1. The number of pyridine rings is 1. The van der Waals surface area contributed by atoms with Crippen LogP contribution in [0, 0.1) is 0 Å². The summed E-state index contributed by atoms with van der Waals surface area (Å²) in [5, 5.41) is 12.0. The van der Waals surface area contributed by atoms with E-state index >= 15 is 0 Å². The summed E-state index contributed by atoms with van der Waals surface area (Å²) < 4.78 is 5.50. The number of nitrogens with one attached hydrogen (secondary N) is 1. The average molecular weight is 401 g/mol. The third-order valence-corrected chi connectivity index (χ3v) is 5.21. The van der Waals surface area contributed by atoms with Crippen LogP contribution < -0.4 is 11.1 Å². The molecular formula is C24H23N3O3. The van der Waals surface area contributed by atoms with Gasteiger partial charge in [-0.2, -0.15) is 0 Å². The molecule has 4 rings (SSSR count). The van der Waals surface area contributed by atoms with Gasteiger partial charge in [0.25, 0.3) is 0 Å². The van der Waals surface area contributed by atoms with Gasteiger partial charge in [0, 0.05) is 24.2 Å². The van der Waals surface area contributed by atoms with Crippen LogP contribution in [0.4, 0.5) is 10.6 Å². The van der Waals surface area contributed by atoms with Crippen molar-refractivity contribution >= 4 is 18.0 Å². The van der Waals surface area contributed by atoms with E-state index in [-0.39, 0.29) is 19.1 Å². The van der Waals surface area contributed by atoms with Gasteiger partial charge in [-0.3, -0.25) is 0 Å². The van der Waals surface area contributed by atoms with Crippen molar-refractivity contribution in [1.29, 1.82) is 0 Å². The van der Waals surface area contributed by atoms with Crippen molar-refractivity contribution in [3.05, 3.63) is 89.1 Å². The molecule has 6 nitrogen and oxygen atoms in total. The van der Waals surface area contributed by atoms with Crippen molar-refractivity contribution in [2.24, 2.45) is 0 Å². The van der Waals surface area contributed by atoms with Crippen LogP contribution in [0.1, 0.15) is 28.2 Å². The van der Waals surface area contributed by atoms with Crippen molar-refractivity contribution in [2.45, 2.75) is 12.5 Å². The van der Waals surface area contributed by atoms with Crippen LogP contribution in [0.15, 0.2) is 66.9 Å².